The second kappa shape index (κ2) is 34.0. The molecule has 0 aromatic heterocycles. The second-order valence-electron chi connectivity index (χ2n) is 14.6. The predicted octanol–water partition coefficient (Wildman–Crippen LogP) is 10.7. The van der Waals surface area contributed by atoms with Crippen LogP contribution in [0.2, 0.25) is 0 Å². The molecule has 0 bridgehead atoms. The molecule has 0 saturated carbocycles. The number of allylic oxidation sites excluding steroid dienone is 9. The molecule has 8 nitrogen and oxygen atoms in total. The number of likely N-dealkylation sites (N-methyl/N-ethyl adjacent to an activating group) is 1. The number of carbonyl (C=O) groups excluding carboxylic acids is 1. The summed E-state index contributed by atoms with van der Waals surface area (Å²) in [6, 6.07) is -0.876. The van der Waals surface area contributed by atoms with Gasteiger partial charge in [-0.1, -0.05) is 132 Å². The number of rotatable bonds is 35. The lowest BCUT2D eigenvalue weighted by molar-refractivity contribution is -0.870. The highest BCUT2D eigenvalue weighted by Gasteiger charge is 2.27. The molecular formula is C42H78N2O6P+. The minimum atomic E-state index is -4.35. The molecule has 0 saturated heterocycles. The quantitative estimate of drug-likeness (QED) is 0.0259. The Morgan fingerprint density at radius 3 is 1.76 bits per heavy atom. The normalized spacial score (nSPS) is 15.2. The molecule has 3 atom stereocenters. The van der Waals surface area contributed by atoms with Gasteiger partial charge in [-0.3, -0.25) is 13.8 Å². The second-order valence-corrected chi connectivity index (χ2v) is 16.1. The molecule has 0 rings (SSSR count). The standard InChI is InChI=1S/C42H77N2O6P/c1-6-8-10-12-14-16-18-20-21-22-24-25-27-29-31-33-35-41(45)40(39-50-51(47,48)49-38-37-44(3,4)5)43-42(46)36-34-32-30-28-26-23-19-17-15-13-11-9-7-2/h11,13,17,19-21,25,27,33,35,40-41,45H,6-10,12,14-16,18,22-24,26,28-32,34,36-39H2,1-5H3,(H-,43,46,47,48)/p+1/b13-11-,19-17-,21-20+,27-25+,35-33+. The Bertz CT molecular complexity index is 1020. The van der Waals surface area contributed by atoms with Crippen molar-refractivity contribution in [2.75, 3.05) is 40.9 Å². The largest absolute Gasteiger partial charge is 0.472 e. The summed E-state index contributed by atoms with van der Waals surface area (Å²) < 4.78 is 23.4. The molecule has 0 aliphatic heterocycles. The predicted molar refractivity (Wildman–Crippen MR) is 217 cm³/mol. The molecular weight excluding hydrogens is 659 g/mol. The van der Waals surface area contributed by atoms with Gasteiger partial charge >= 0.3 is 7.82 Å². The summed E-state index contributed by atoms with van der Waals surface area (Å²) in [5.74, 6) is -0.210. The van der Waals surface area contributed by atoms with Gasteiger partial charge in [0.25, 0.3) is 0 Å². The fraction of sp³-hybridized carbons (Fsp3) is 0.738. The maximum Gasteiger partial charge on any atom is 0.472 e. The molecule has 0 aromatic carbocycles. The summed E-state index contributed by atoms with van der Waals surface area (Å²) >= 11 is 0. The molecule has 9 heteroatoms. The third-order valence-electron chi connectivity index (χ3n) is 8.42. The Labute approximate surface area is 313 Å². The van der Waals surface area contributed by atoms with Crippen LogP contribution in [0.4, 0.5) is 0 Å². The number of nitrogens with zero attached hydrogens (tertiary/aromatic N) is 1. The van der Waals surface area contributed by atoms with E-state index in [1.54, 1.807) is 6.08 Å². The van der Waals surface area contributed by atoms with E-state index in [9.17, 15) is 19.4 Å². The molecule has 3 N–H and O–H groups in total. The zero-order chi connectivity index (χ0) is 37.9. The lowest BCUT2D eigenvalue weighted by atomic mass is 10.1. The molecule has 0 aliphatic rings. The van der Waals surface area contributed by atoms with E-state index >= 15 is 0 Å². The number of quaternary nitrogens is 1. The summed E-state index contributed by atoms with van der Waals surface area (Å²) in [6.45, 7) is 4.66. The van der Waals surface area contributed by atoms with E-state index in [-0.39, 0.29) is 19.1 Å². The number of aliphatic hydroxyl groups is 1. The fourth-order valence-corrected chi connectivity index (χ4v) is 5.90. The first kappa shape index (κ1) is 49.2. The Morgan fingerprint density at radius 2 is 1.18 bits per heavy atom. The summed E-state index contributed by atoms with van der Waals surface area (Å²) in [6.07, 6.45) is 42.9. The molecule has 0 spiro atoms. The maximum absolute atomic E-state index is 12.8. The fourth-order valence-electron chi connectivity index (χ4n) is 5.17. The lowest BCUT2D eigenvalue weighted by Crippen LogP contribution is -2.45. The van der Waals surface area contributed by atoms with Gasteiger partial charge in [0.05, 0.1) is 39.9 Å². The van der Waals surface area contributed by atoms with Gasteiger partial charge in [-0.15, -0.1) is 0 Å². The first-order valence-corrected chi connectivity index (χ1v) is 21.7. The van der Waals surface area contributed by atoms with Gasteiger partial charge in [0.2, 0.25) is 5.91 Å². The SMILES string of the molecule is CCC/C=C\C/C=C\CCCCCCCC(=O)NC(COP(=O)(O)OCC[N+](C)(C)C)C(O)/C=C/CC/C=C/CC/C=C/CCCCCCCC. The summed E-state index contributed by atoms with van der Waals surface area (Å²) in [7, 11) is 1.52. The number of amides is 1. The van der Waals surface area contributed by atoms with Crippen molar-refractivity contribution in [3.05, 3.63) is 60.8 Å². The van der Waals surface area contributed by atoms with Crippen LogP contribution >= 0.6 is 7.82 Å². The highest BCUT2D eigenvalue weighted by molar-refractivity contribution is 7.47. The van der Waals surface area contributed by atoms with E-state index in [1.165, 1.54) is 51.4 Å². The van der Waals surface area contributed by atoms with Crippen molar-refractivity contribution in [3.63, 3.8) is 0 Å². The Hall–Kier alpha value is -1.80. The van der Waals surface area contributed by atoms with E-state index in [0.717, 1.165) is 77.0 Å². The first-order chi connectivity index (χ1) is 24.5. The third kappa shape index (κ3) is 36.4. The average Bonchev–Trinajstić information content (AvgIpc) is 3.07. The molecule has 0 aliphatic carbocycles. The van der Waals surface area contributed by atoms with Crippen molar-refractivity contribution in [2.45, 2.75) is 161 Å². The lowest BCUT2D eigenvalue weighted by Gasteiger charge is -2.25. The monoisotopic (exact) mass is 738 g/mol. The van der Waals surface area contributed by atoms with E-state index in [4.69, 9.17) is 9.05 Å². The van der Waals surface area contributed by atoms with Crippen molar-refractivity contribution in [1.82, 2.24) is 5.32 Å². The van der Waals surface area contributed by atoms with Crippen LogP contribution in [0, 0.1) is 0 Å². The van der Waals surface area contributed by atoms with Crippen molar-refractivity contribution in [1.29, 1.82) is 0 Å². The van der Waals surface area contributed by atoms with Gasteiger partial charge in [-0.2, -0.15) is 0 Å². The molecule has 3 unspecified atom stereocenters. The van der Waals surface area contributed by atoms with Gasteiger partial charge in [0.1, 0.15) is 13.2 Å². The highest BCUT2D eigenvalue weighted by Crippen LogP contribution is 2.43. The van der Waals surface area contributed by atoms with E-state index < -0.39 is 20.0 Å². The van der Waals surface area contributed by atoms with Crippen LogP contribution < -0.4 is 5.32 Å². The summed E-state index contributed by atoms with van der Waals surface area (Å²) in [5, 5.41) is 13.7. The van der Waals surface area contributed by atoms with Crippen LogP contribution in [0.15, 0.2) is 60.8 Å². The van der Waals surface area contributed by atoms with Gasteiger partial charge in [0.15, 0.2) is 0 Å². The molecule has 0 radical (unpaired) electrons. The van der Waals surface area contributed by atoms with E-state index in [0.29, 0.717) is 17.4 Å². The zero-order valence-electron chi connectivity index (χ0n) is 33.3. The number of unbranched alkanes of at least 4 members (excludes halogenated alkanes) is 14. The van der Waals surface area contributed by atoms with Crippen LogP contribution in [0.5, 0.6) is 0 Å². The summed E-state index contributed by atoms with van der Waals surface area (Å²) in [4.78, 5) is 23.0. The first-order valence-electron chi connectivity index (χ1n) is 20.2. The van der Waals surface area contributed by atoms with Crippen LogP contribution in [-0.4, -0.2) is 73.4 Å². The van der Waals surface area contributed by atoms with Crippen molar-refractivity contribution < 1.29 is 32.9 Å². The molecule has 0 fully saturated rings. The van der Waals surface area contributed by atoms with Crippen LogP contribution in [-0.2, 0) is 18.4 Å². The number of phosphoric acid groups is 1. The molecule has 0 aromatic rings. The van der Waals surface area contributed by atoms with Crippen LogP contribution in [0.1, 0.15) is 149 Å². The molecule has 0 heterocycles. The topological polar surface area (TPSA) is 105 Å². The van der Waals surface area contributed by atoms with E-state index in [2.05, 4.69) is 67.8 Å². The third-order valence-corrected chi connectivity index (χ3v) is 9.40. The Balaban J connectivity index is 4.63. The van der Waals surface area contributed by atoms with Crippen molar-refractivity contribution in [3.8, 4) is 0 Å². The number of hydrogen-bond donors (Lipinski definition) is 3. The highest BCUT2D eigenvalue weighted by atomic mass is 31.2. The maximum atomic E-state index is 12.8. The van der Waals surface area contributed by atoms with Gasteiger partial charge in [-0.05, 0) is 70.6 Å². The number of hydrogen-bond acceptors (Lipinski definition) is 5. The van der Waals surface area contributed by atoms with Crippen molar-refractivity contribution in [2.24, 2.45) is 0 Å². The smallest absolute Gasteiger partial charge is 0.387 e. The zero-order valence-corrected chi connectivity index (χ0v) is 34.2. The number of carbonyl (C=O) groups is 1. The Morgan fingerprint density at radius 1 is 0.667 bits per heavy atom. The minimum absolute atomic E-state index is 0.0481. The number of nitrogens with one attached hydrogen (secondary N) is 1. The molecule has 296 valence electrons. The van der Waals surface area contributed by atoms with Gasteiger partial charge < -0.3 is 19.8 Å². The van der Waals surface area contributed by atoms with Crippen molar-refractivity contribution >= 4 is 13.7 Å². The average molecular weight is 738 g/mol. The van der Waals surface area contributed by atoms with Crippen LogP contribution in [0.25, 0.3) is 0 Å². The minimum Gasteiger partial charge on any atom is -0.387 e. The van der Waals surface area contributed by atoms with Gasteiger partial charge in [-0.25, -0.2) is 4.57 Å². The number of phosphoric ester groups is 1. The van der Waals surface area contributed by atoms with Gasteiger partial charge in [0, 0.05) is 6.42 Å². The molecule has 1 amide bonds. The van der Waals surface area contributed by atoms with Crippen LogP contribution in [0.3, 0.4) is 0 Å². The number of aliphatic hydroxyl groups excluding tert-OH is 1. The summed E-state index contributed by atoms with van der Waals surface area (Å²) in [5.41, 5.74) is 0. The Kier molecular flexibility index (Phi) is 32.8. The van der Waals surface area contributed by atoms with E-state index in [1.807, 2.05) is 27.2 Å². The molecule has 51 heavy (non-hydrogen) atoms.